The van der Waals surface area contributed by atoms with E-state index in [2.05, 4.69) is 22.0 Å². The third-order valence-corrected chi connectivity index (χ3v) is 2.11. The number of benzene rings is 1. The highest BCUT2D eigenvalue weighted by atomic mass is 79.9. The Morgan fingerprint density at radius 3 is 2.91 bits per heavy atom. The zero-order valence-electron chi connectivity index (χ0n) is 5.84. The molecule has 0 aliphatic rings. The van der Waals surface area contributed by atoms with E-state index < -0.39 is 0 Å². The summed E-state index contributed by atoms with van der Waals surface area (Å²) in [5, 5.41) is 8.42. The van der Waals surface area contributed by atoms with E-state index in [1.54, 1.807) is 12.1 Å². The Balaban J connectivity index is 3.05. The molecule has 3 heteroatoms. The minimum atomic E-state index is 0.394. The van der Waals surface area contributed by atoms with Gasteiger partial charge in [0.2, 0.25) is 0 Å². The first-order valence-corrected chi connectivity index (χ1v) is 3.94. The van der Waals surface area contributed by atoms with Crippen molar-refractivity contribution in [1.29, 1.82) is 5.26 Å². The molecule has 0 radical (unpaired) electrons. The van der Waals surface area contributed by atoms with Crippen LogP contribution >= 0.6 is 15.9 Å². The molecule has 0 heterocycles. The van der Waals surface area contributed by atoms with Crippen molar-refractivity contribution >= 4 is 21.6 Å². The van der Waals surface area contributed by atoms with Gasteiger partial charge in [-0.25, -0.2) is 0 Å². The number of nitrogens with zero attached hydrogens (tertiary/aromatic N) is 1. The van der Waals surface area contributed by atoms with Crippen molar-refractivity contribution in [2.24, 2.45) is 0 Å². The predicted molar refractivity (Wildman–Crippen MR) is 47.9 cm³/mol. The molecule has 0 atom stereocenters. The molecule has 1 aromatic carbocycles. The second kappa shape index (κ2) is 3.40. The topological polar surface area (TPSA) is 49.8 Å². The smallest absolute Gasteiger partial charge is 0.0670 e. The Morgan fingerprint density at radius 1 is 1.55 bits per heavy atom. The van der Waals surface area contributed by atoms with Gasteiger partial charge in [-0.15, -0.1) is 0 Å². The Hall–Kier alpha value is -1.01. The van der Waals surface area contributed by atoms with Crippen LogP contribution in [0, 0.1) is 11.3 Å². The second-order valence-corrected chi connectivity index (χ2v) is 3.04. The summed E-state index contributed by atoms with van der Waals surface area (Å²) in [5.74, 6) is 0. The highest BCUT2D eigenvalue weighted by Gasteiger charge is 1.98. The van der Waals surface area contributed by atoms with Gasteiger partial charge in [-0.05, 0) is 23.8 Å². The van der Waals surface area contributed by atoms with Gasteiger partial charge in [-0.1, -0.05) is 15.9 Å². The molecule has 0 unspecified atom stereocenters. The number of anilines is 1. The molecule has 0 spiro atoms. The molecular weight excluding hydrogens is 204 g/mol. The molecule has 1 aromatic rings. The third kappa shape index (κ3) is 1.95. The van der Waals surface area contributed by atoms with Gasteiger partial charge in [-0.2, -0.15) is 5.26 Å². The average molecular weight is 211 g/mol. The summed E-state index contributed by atoms with van der Waals surface area (Å²) in [4.78, 5) is 0. The first kappa shape index (κ1) is 8.09. The Bertz CT molecular complexity index is 301. The van der Waals surface area contributed by atoms with Crippen LogP contribution in [0.2, 0.25) is 0 Å². The molecule has 0 fully saturated rings. The number of nitrogen functional groups attached to an aromatic ring is 1. The summed E-state index contributed by atoms with van der Waals surface area (Å²) < 4.78 is 0.938. The molecule has 11 heavy (non-hydrogen) atoms. The van der Waals surface area contributed by atoms with Crippen molar-refractivity contribution in [3.8, 4) is 6.07 Å². The van der Waals surface area contributed by atoms with Crippen LogP contribution in [-0.2, 0) is 6.42 Å². The second-order valence-electron chi connectivity index (χ2n) is 2.19. The lowest BCUT2D eigenvalue weighted by molar-refractivity contribution is 1.25. The maximum absolute atomic E-state index is 8.42. The van der Waals surface area contributed by atoms with Crippen LogP contribution in [-0.4, -0.2) is 0 Å². The van der Waals surface area contributed by atoms with Gasteiger partial charge in [-0.3, -0.25) is 0 Å². The van der Waals surface area contributed by atoms with Crippen molar-refractivity contribution in [1.82, 2.24) is 0 Å². The van der Waals surface area contributed by atoms with E-state index in [-0.39, 0.29) is 0 Å². The minimum Gasteiger partial charge on any atom is -0.399 e. The van der Waals surface area contributed by atoms with Gasteiger partial charge >= 0.3 is 0 Å². The van der Waals surface area contributed by atoms with Gasteiger partial charge in [0.15, 0.2) is 0 Å². The lowest BCUT2D eigenvalue weighted by atomic mass is 10.1. The molecule has 2 nitrogen and oxygen atoms in total. The molecule has 0 saturated heterocycles. The van der Waals surface area contributed by atoms with Crippen LogP contribution in [0.4, 0.5) is 5.69 Å². The van der Waals surface area contributed by atoms with Crippen LogP contribution in [0.3, 0.4) is 0 Å². The SMILES string of the molecule is N#CCc1cc(N)ccc1Br. The summed E-state index contributed by atoms with van der Waals surface area (Å²) in [6.07, 6.45) is 0.394. The molecule has 0 amide bonds. The van der Waals surface area contributed by atoms with E-state index >= 15 is 0 Å². The van der Waals surface area contributed by atoms with E-state index in [9.17, 15) is 0 Å². The maximum atomic E-state index is 8.42. The van der Waals surface area contributed by atoms with Crippen LogP contribution < -0.4 is 5.73 Å². The normalized spacial score (nSPS) is 9.09. The Labute approximate surface area is 73.8 Å². The highest BCUT2D eigenvalue weighted by molar-refractivity contribution is 9.10. The van der Waals surface area contributed by atoms with Crippen LogP contribution in [0.25, 0.3) is 0 Å². The van der Waals surface area contributed by atoms with Gasteiger partial charge < -0.3 is 5.73 Å². The monoisotopic (exact) mass is 210 g/mol. The lowest BCUT2D eigenvalue weighted by Crippen LogP contribution is -1.88. The Morgan fingerprint density at radius 2 is 2.27 bits per heavy atom. The largest absolute Gasteiger partial charge is 0.399 e. The fraction of sp³-hybridized carbons (Fsp3) is 0.125. The van der Waals surface area contributed by atoms with Crippen molar-refractivity contribution in [3.05, 3.63) is 28.2 Å². The molecule has 0 bridgehead atoms. The fourth-order valence-corrected chi connectivity index (χ4v) is 1.20. The Kier molecular flexibility index (Phi) is 2.50. The number of nitrogens with two attached hydrogens (primary N) is 1. The zero-order valence-corrected chi connectivity index (χ0v) is 7.43. The van der Waals surface area contributed by atoms with E-state index in [1.165, 1.54) is 0 Å². The predicted octanol–water partition coefficient (Wildman–Crippen LogP) is 2.10. The van der Waals surface area contributed by atoms with Crippen LogP contribution in [0.5, 0.6) is 0 Å². The molecule has 0 aromatic heterocycles. The molecule has 56 valence electrons. The fourth-order valence-electron chi connectivity index (χ4n) is 0.815. The van der Waals surface area contributed by atoms with Gasteiger partial charge in [0.1, 0.15) is 0 Å². The van der Waals surface area contributed by atoms with Crippen molar-refractivity contribution in [3.63, 3.8) is 0 Å². The average Bonchev–Trinajstić information content (AvgIpc) is 1.98. The summed E-state index contributed by atoms with van der Waals surface area (Å²) in [7, 11) is 0. The standard InChI is InChI=1S/C8H7BrN2/c9-8-2-1-7(11)5-6(8)3-4-10/h1-2,5H,3,11H2. The van der Waals surface area contributed by atoms with E-state index in [4.69, 9.17) is 11.0 Å². The molecular formula is C8H7BrN2. The summed E-state index contributed by atoms with van der Waals surface area (Å²) in [6.45, 7) is 0. The maximum Gasteiger partial charge on any atom is 0.0670 e. The summed E-state index contributed by atoms with van der Waals surface area (Å²) in [6, 6.07) is 7.51. The van der Waals surface area contributed by atoms with Crippen molar-refractivity contribution < 1.29 is 0 Å². The van der Waals surface area contributed by atoms with Gasteiger partial charge in [0, 0.05) is 10.2 Å². The molecule has 0 aliphatic carbocycles. The third-order valence-electron chi connectivity index (χ3n) is 1.34. The van der Waals surface area contributed by atoms with E-state index in [0.29, 0.717) is 12.1 Å². The van der Waals surface area contributed by atoms with Crippen molar-refractivity contribution in [2.45, 2.75) is 6.42 Å². The number of hydrogen-bond donors (Lipinski definition) is 1. The quantitative estimate of drug-likeness (QED) is 0.723. The first-order chi connectivity index (χ1) is 5.24. The minimum absolute atomic E-state index is 0.394. The highest BCUT2D eigenvalue weighted by Crippen LogP contribution is 2.19. The molecule has 1 rings (SSSR count). The van der Waals surface area contributed by atoms with Crippen LogP contribution in [0.15, 0.2) is 22.7 Å². The molecule has 0 saturated carbocycles. The number of nitriles is 1. The first-order valence-electron chi connectivity index (χ1n) is 3.15. The summed E-state index contributed by atoms with van der Waals surface area (Å²) in [5.41, 5.74) is 7.16. The number of hydrogen-bond acceptors (Lipinski definition) is 2. The van der Waals surface area contributed by atoms with E-state index in [0.717, 1.165) is 10.0 Å². The molecule has 0 aliphatic heterocycles. The lowest BCUT2D eigenvalue weighted by Gasteiger charge is -1.99. The zero-order chi connectivity index (χ0) is 8.27. The van der Waals surface area contributed by atoms with Crippen LogP contribution in [0.1, 0.15) is 5.56 Å². The van der Waals surface area contributed by atoms with E-state index in [1.807, 2.05) is 6.07 Å². The van der Waals surface area contributed by atoms with Gasteiger partial charge in [0.25, 0.3) is 0 Å². The van der Waals surface area contributed by atoms with Crippen molar-refractivity contribution in [2.75, 3.05) is 5.73 Å². The molecule has 2 N–H and O–H groups in total. The van der Waals surface area contributed by atoms with Gasteiger partial charge in [0.05, 0.1) is 12.5 Å². The number of halogens is 1. The summed E-state index contributed by atoms with van der Waals surface area (Å²) >= 11 is 3.32. The number of rotatable bonds is 1.